The molecule has 1 aromatic rings. The number of oxime groups is 1. The maximum absolute atomic E-state index is 13.5. The third-order valence-electron chi connectivity index (χ3n) is 2.36. The zero-order valence-corrected chi connectivity index (χ0v) is 10.3. The van der Waals surface area contributed by atoms with Crippen LogP contribution in [0.3, 0.4) is 0 Å². The van der Waals surface area contributed by atoms with E-state index in [4.69, 9.17) is 22.5 Å². The first-order valence-corrected chi connectivity index (χ1v) is 5.57. The minimum absolute atomic E-state index is 0.0919. The maximum atomic E-state index is 13.5. The number of rotatable bonds is 5. The number of likely N-dealkylation sites (N-methyl/N-ethyl adjacent to an activating group) is 1. The van der Waals surface area contributed by atoms with E-state index in [2.05, 4.69) is 5.16 Å². The quantitative estimate of drug-likeness (QED) is 0.368. The second kappa shape index (κ2) is 6.42. The van der Waals surface area contributed by atoms with Gasteiger partial charge in [0.1, 0.15) is 5.82 Å². The molecule has 0 aromatic heterocycles. The van der Waals surface area contributed by atoms with Crippen molar-refractivity contribution < 1.29 is 9.60 Å². The van der Waals surface area contributed by atoms with Gasteiger partial charge in [0.2, 0.25) is 0 Å². The van der Waals surface area contributed by atoms with Crippen LogP contribution in [0.15, 0.2) is 23.4 Å². The van der Waals surface area contributed by atoms with Gasteiger partial charge in [-0.3, -0.25) is 4.90 Å². The number of hydrogen-bond donors (Lipinski definition) is 2. The second-order valence-electron chi connectivity index (χ2n) is 3.63. The van der Waals surface area contributed by atoms with Gasteiger partial charge in [-0.2, -0.15) is 0 Å². The van der Waals surface area contributed by atoms with Crippen molar-refractivity contribution in [3.8, 4) is 0 Å². The maximum Gasteiger partial charge on any atom is 0.153 e. The highest BCUT2D eigenvalue weighted by molar-refractivity contribution is 6.30. The minimum atomic E-state index is -0.313. The Morgan fingerprint density at radius 1 is 1.59 bits per heavy atom. The molecule has 1 aromatic carbocycles. The fourth-order valence-electron chi connectivity index (χ4n) is 1.45. The summed E-state index contributed by atoms with van der Waals surface area (Å²) in [7, 11) is 0. The number of nitrogens with zero attached hydrogens (tertiary/aromatic N) is 2. The Morgan fingerprint density at radius 2 is 2.29 bits per heavy atom. The monoisotopic (exact) mass is 259 g/mol. The molecule has 0 bridgehead atoms. The molecule has 4 nitrogen and oxygen atoms in total. The Kier molecular flexibility index (Phi) is 5.18. The summed E-state index contributed by atoms with van der Waals surface area (Å²) in [5, 5.41) is 11.9. The van der Waals surface area contributed by atoms with Crippen LogP contribution in [-0.4, -0.2) is 29.0 Å². The highest BCUT2D eigenvalue weighted by Crippen LogP contribution is 2.16. The van der Waals surface area contributed by atoms with Crippen molar-refractivity contribution in [3.05, 3.63) is 34.6 Å². The fraction of sp³-hybridized carbons (Fsp3) is 0.364. The van der Waals surface area contributed by atoms with Crippen LogP contribution >= 0.6 is 11.6 Å². The molecule has 0 fully saturated rings. The second-order valence-corrected chi connectivity index (χ2v) is 4.07. The molecule has 0 aliphatic carbocycles. The van der Waals surface area contributed by atoms with Crippen molar-refractivity contribution >= 4 is 17.4 Å². The van der Waals surface area contributed by atoms with Gasteiger partial charge in [0.15, 0.2) is 5.84 Å². The first-order chi connectivity index (χ1) is 8.06. The van der Waals surface area contributed by atoms with Crippen molar-refractivity contribution in [2.75, 3.05) is 13.1 Å². The molecule has 6 heteroatoms. The molecule has 94 valence electrons. The van der Waals surface area contributed by atoms with Crippen LogP contribution < -0.4 is 5.73 Å². The number of halogens is 2. The lowest BCUT2D eigenvalue weighted by atomic mass is 10.2. The molecule has 0 aliphatic heterocycles. The highest BCUT2D eigenvalue weighted by atomic mass is 35.5. The number of benzene rings is 1. The number of hydrogen-bond acceptors (Lipinski definition) is 3. The number of nitrogens with two attached hydrogens (primary N) is 1. The van der Waals surface area contributed by atoms with E-state index < -0.39 is 0 Å². The van der Waals surface area contributed by atoms with E-state index in [0.29, 0.717) is 23.7 Å². The molecule has 0 saturated carbocycles. The van der Waals surface area contributed by atoms with E-state index in [0.717, 1.165) is 0 Å². The molecular formula is C11H15ClFN3O. The van der Waals surface area contributed by atoms with Crippen LogP contribution in [0, 0.1) is 5.82 Å². The SMILES string of the molecule is CCN(C/C(N)=N/O)Cc1cc(Cl)ccc1F. The predicted molar refractivity (Wildman–Crippen MR) is 65.8 cm³/mol. The largest absolute Gasteiger partial charge is 0.409 e. The number of amidine groups is 1. The molecule has 3 N–H and O–H groups in total. The lowest BCUT2D eigenvalue weighted by molar-refractivity contribution is 0.292. The van der Waals surface area contributed by atoms with Gasteiger partial charge in [-0.05, 0) is 24.7 Å². The molecule has 0 unspecified atom stereocenters. The van der Waals surface area contributed by atoms with Crippen LogP contribution in [0.25, 0.3) is 0 Å². The summed E-state index contributed by atoms with van der Waals surface area (Å²) >= 11 is 5.80. The average Bonchev–Trinajstić information content (AvgIpc) is 2.32. The molecule has 17 heavy (non-hydrogen) atoms. The van der Waals surface area contributed by atoms with Gasteiger partial charge in [-0.1, -0.05) is 23.7 Å². The molecule has 0 radical (unpaired) electrons. The summed E-state index contributed by atoms with van der Waals surface area (Å²) in [6, 6.07) is 4.40. The van der Waals surface area contributed by atoms with Crippen LogP contribution in [0.5, 0.6) is 0 Å². The standard InChI is InChI=1S/C11H15ClFN3O/c1-2-16(7-11(14)15-17)6-8-5-9(12)3-4-10(8)13/h3-5,17H,2,6-7H2,1H3,(H2,14,15). The van der Waals surface area contributed by atoms with Gasteiger partial charge < -0.3 is 10.9 Å². The van der Waals surface area contributed by atoms with Crippen LogP contribution in [0.2, 0.25) is 5.02 Å². The Labute approximate surface area is 104 Å². The Bertz CT molecular complexity index is 412. The molecular weight excluding hydrogens is 245 g/mol. The summed E-state index contributed by atoms with van der Waals surface area (Å²) in [4.78, 5) is 1.84. The normalized spacial score (nSPS) is 12.1. The summed E-state index contributed by atoms with van der Waals surface area (Å²) in [5.74, 6) is -0.221. The van der Waals surface area contributed by atoms with Gasteiger partial charge in [0.25, 0.3) is 0 Å². The smallest absolute Gasteiger partial charge is 0.153 e. The Morgan fingerprint density at radius 3 is 2.88 bits per heavy atom. The van der Waals surface area contributed by atoms with Crippen LogP contribution in [-0.2, 0) is 6.54 Å². The lowest BCUT2D eigenvalue weighted by Gasteiger charge is -2.19. The van der Waals surface area contributed by atoms with E-state index in [9.17, 15) is 4.39 Å². The molecule has 0 saturated heterocycles. The van der Waals surface area contributed by atoms with Crippen molar-refractivity contribution in [1.82, 2.24) is 4.90 Å². The molecule has 1 rings (SSSR count). The van der Waals surface area contributed by atoms with Gasteiger partial charge in [-0.15, -0.1) is 0 Å². The van der Waals surface area contributed by atoms with Gasteiger partial charge >= 0.3 is 0 Å². The van der Waals surface area contributed by atoms with Gasteiger partial charge in [0.05, 0.1) is 6.54 Å². The highest BCUT2D eigenvalue weighted by Gasteiger charge is 2.10. The van der Waals surface area contributed by atoms with E-state index in [1.165, 1.54) is 12.1 Å². The first-order valence-electron chi connectivity index (χ1n) is 5.19. The van der Waals surface area contributed by atoms with Gasteiger partial charge in [0, 0.05) is 17.1 Å². The minimum Gasteiger partial charge on any atom is -0.409 e. The van der Waals surface area contributed by atoms with Crippen LogP contribution in [0.4, 0.5) is 4.39 Å². The lowest BCUT2D eigenvalue weighted by Crippen LogP contribution is -2.33. The molecule has 0 spiro atoms. The fourth-order valence-corrected chi connectivity index (χ4v) is 1.64. The van der Waals surface area contributed by atoms with Crippen molar-refractivity contribution in [2.24, 2.45) is 10.9 Å². The third-order valence-corrected chi connectivity index (χ3v) is 2.60. The van der Waals surface area contributed by atoms with Crippen molar-refractivity contribution in [2.45, 2.75) is 13.5 Å². The molecule has 0 heterocycles. The summed E-state index contributed by atoms with van der Waals surface area (Å²) < 4.78 is 13.5. The van der Waals surface area contributed by atoms with Crippen molar-refractivity contribution in [3.63, 3.8) is 0 Å². The summed E-state index contributed by atoms with van der Waals surface area (Å²) in [5.41, 5.74) is 5.90. The van der Waals surface area contributed by atoms with Crippen molar-refractivity contribution in [1.29, 1.82) is 0 Å². The van der Waals surface area contributed by atoms with E-state index in [1.807, 2.05) is 11.8 Å². The van der Waals surface area contributed by atoms with E-state index in [-0.39, 0.29) is 18.2 Å². The zero-order valence-electron chi connectivity index (χ0n) is 9.53. The van der Waals surface area contributed by atoms with E-state index in [1.54, 1.807) is 6.07 Å². The zero-order chi connectivity index (χ0) is 12.8. The predicted octanol–water partition coefficient (Wildman–Crippen LogP) is 2.05. The first kappa shape index (κ1) is 13.7. The van der Waals surface area contributed by atoms with Gasteiger partial charge in [-0.25, -0.2) is 4.39 Å². The third kappa shape index (κ3) is 4.20. The van der Waals surface area contributed by atoms with Crippen LogP contribution in [0.1, 0.15) is 12.5 Å². The summed E-state index contributed by atoms with van der Waals surface area (Å²) in [6.45, 7) is 3.20. The Hall–Kier alpha value is -1.33. The summed E-state index contributed by atoms with van der Waals surface area (Å²) in [6.07, 6.45) is 0. The molecule has 0 atom stereocenters. The van der Waals surface area contributed by atoms with E-state index >= 15 is 0 Å². The average molecular weight is 260 g/mol. The molecule has 0 aliphatic rings. The topological polar surface area (TPSA) is 61.8 Å². The molecule has 0 amide bonds. The Balaban J connectivity index is 2.76.